The fourth-order valence-corrected chi connectivity index (χ4v) is 7.33. The minimum Gasteiger partial charge on any atom is -0.409 e. The first-order chi connectivity index (χ1) is 24.3. The Bertz CT molecular complexity index is 2160. The summed E-state index contributed by atoms with van der Waals surface area (Å²) < 4.78 is 8.08. The molecule has 0 bridgehead atoms. The monoisotopic (exact) mass is 626 g/mol. The molecule has 1 aliphatic heterocycles. The Morgan fingerprint density at radius 3 is 1.12 bits per heavy atom. The molecule has 0 unspecified atom stereocenters. The van der Waals surface area contributed by atoms with Gasteiger partial charge in [0.25, 0.3) is 0 Å². The van der Waals surface area contributed by atoms with Crippen molar-refractivity contribution in [1.29, 1.82) is 0 Å². The van der Waals surface area contributed by atoms with Crippen molar-refractivity contribution in [3.63, 3.8) is 0 Å². The Hall–Kier alpha value is -5.96. The molecule has 49 heavy (non-hydrogen) atoms. The SMILES string of the molecule is c1ccc(B2OC(c3ccccc3)(c3ccccc3)C(c3ccccc3)=C(c3ccccc3)C(c3ccccc3)=C2c2ccccc2)cc1. The van der Waals surface area contributed by atoms with Crippen LogP contribution in [-0.2, 0) is 10.3 Å². The third-order valence-corrected chi connectivity index (χ3v) is 9.41. The van der Waals surface area contributed by atoms with Crippen LogP contribution in [0.3, 0.4) is 0 Å². The molecule has 7 aromatic rings. The van der Waals surface area contributed by atoms with Crippen LogP contribution in [-0.4, -0.2) is 6.92 Å². The van der Waals surface area contributed by atoms with Crippen molar-refractivity contribution in [3.8, 4) is 0 Å². The van der Waals surface area contributed by atoms with Gasteiger partial charge in [0.05, 0.1) is 0 Å². The Morgan fingerprint density at radius 1 is 0.327 bits per heavy atom. The maximum absolute atomic E-state index is 8.08. The summed E-state index contributed by atoms with van der Waals surface area (Å²) in [5.74, 6) is 0. The molecule has 0 fully saturated rings. The highest BCUT2D eigenvalue weighted by atomic mass is 16.5. The van der Waals surface area contributed by atoms with E-state index in [-0.39, 0.29) is 0 Å². The molecule has 0 atom stereocenters. The quantitative estimate of drug-likeness (QED) is 0.160. The normalized spacial score (nSPS) is 14.4. The molecule has 0 aromatic heterocycles. The molecule has 1 heterocycles. The van der Waals surface area contributed by atoms with E-state index in [9.17, 15) is 0 Å². The summed E-state index contributed by atoms with van der Waals surface area (Å²) in [6, 6.07) is 75.6. The summed E-state index contributed by atoms with van der Waals surface area (Å²) in [5.41, 5.74) is 11.2. The molecule has 7 aromatic carbocycles. The van der Waals surface area contributed by atoms with E-state index in [0.29, 0.717) is 0 Å². The number of hydrogen-bond acceptors (Lipinski definition) is 1. The van der Waals surface area contributed by atoms with E-state index in [0.717, 1.165) is 61.0 Å². The molecule has 1 nitrogen and oxygen atoms in total. The molecular weight excluding hydrogens is 591 g/mol. The smallest absolute Gasteiger partial charge is 0.364 e. The molecule has 0 spiro atoms. The van der Waals surface area contributed by atoms with Crippen LogP contribution in [0.15, 0.2) is 212 Å². The zero-order chi connectivity index (χ0) is 32.9. The summed E-state index contributed by atoms with van der Waals surface area (Å²) >= 11 is 0. The summed E-state index contributed by atoms with van der Waals surface area (Å²) in [6.07, 6.45) is 0. The fraction of sp³-hybridized carbons (Fsp3) is 0.0213. The summed E-state index contributed by atoms with van der Waals surface area (Å²) in [7, 11) is 0. The van der Waals surface area contributed by atoms with E-state index < -0.39 is 12.5 Å². The predicted molar refractivity (Wildman–Crippen MR) is 206 cm³/mol. The second kappa shape index (κ2) is 13.6. The minimum atomic E-state index is -1.02. The second-order valence-corrected chi connectivity index (χ2v) is 12.3. The molecule has 0 amide bonds. The minimum absolute atomic E-state index is 0.445. The van der Waals surface area contributed by atoms with Gasteiger partial charge in [-0.25, -0.2) is 0 Å². The van der Waals surface area contributed by atoms with Gasteiger partial charge in [-0.3, -0.25) is 0 Å². The molecule has 1 aliphatic rings. The highest BCUT2D eigenvalue weighted by molar-refractivity contribution is 6.87. The molecule has 0 aliphatic carbocycles. The van der Waals surface area contributed by atoms with Gasteiger partial charge in [-0.15, -0.1) is 0 Å². The zero-order valence-corrected chi connectivity index (χ0v) is 27.2. The van der Waals surface area contributed by atoms with Crippen molar-refractivity contribution in [2.45, 2.75) is 5.60 Å². The summed E-state index contributed by atoms with van der Waals surface area (Å²) in [4.78, 5) is 0. The van der Waals surface area contributed by atoms with Gasteiger partial charge < -0.3 is 4.65 Å². The van der Waals surface area contributed by atoms with Crippen molar-refractivity contribution in [1.82, 2.24) is 0 Å². The third-order valence-electron chi connectivity index (χ3n) is 9.41. The highest BCUT2D eigenvalue weighted by Crippen LogP contribution is 2.56. The predicted octanol–water partition coefficient (Wildman–Crippen LogP) is 10.6. The first-order valence-corrected chi connectivity index (χ1v) is 16.9. The second-order valence-electron chi connectivity index (χ2n) is 12.3. The molecule has 232 valence electrons. The van der Waals surface area contributed by atoms with E-state index in [4.69, 9.17) is 4.65 Å². The lowest BCUT2D eigenvalue weighted by Crippen LogP contribution is -2.45. The Morgan fingerprint density at radius 2 is 0.673 bits per heavy atom. The average molecular weight is 627 g/mol. The van der Waals surface area contributed by atoms with Crippen LogP contribution in [0, 0.1) is 0 Å². The lowest BCUT2D eigenvalue weighted by Gasteiger charge is -2.40. The maximum Gasteiger partial charge on any atom is 0.364 e. The number of rotatable bonds is 7. The lowest BCUT2D eigenvalue weighted by atomic mass is 9.50. The van der Waals surface area contributed by atoms with E-state index in [1.807, 2.05) is 0 Å². The van der Waals surface area contributed by atoms with E-state index in [1.54, 1.807) is 0 Å². The molecular formula is C47H35BO. The van der Waals surface area contributed by atoms with Gasteiger partial charge in [0.15, 0.2) is 0 Å². The van der Waals surface area contributed by atoms with Gasteiger partial charge >= 0.3 is 6.92 Å². The van der Waals surface area contributed by atoms with Gasteiger partial charge in [0, 0.05) is 5.57 Å². The lowest BCUT2D eigenvalue weighted by molar-refractivity contribution is 0.183. The molecule has 2 heteroatoms. The van der Waals surface area contributed by atoms with Crippen LogP contribution in [0.2, 0.25) is 0 Å². The molecule has 8 rings (SSSR count). The fourth-order valence-electron chi connectivity index (χ4n) is 7.33. The largest absolute Gasteiger partial charge is 0.409 e. The van der Waals surface area contributed by atoms with E-state index in [1.165, 1.54) is 0 Å². The van der Waals surface area contributed by atoms with Crippen LogP contribution in [0.5, 0.6) is 0 Å². The molecule has 0 saturated carbocycles. The number of hydrogen-bond donors (Lipinski definition) is 0. The van der Waals surface area contributed by atoms with Gasteiger partial charge in [-0.05, 0) is 55.5 Å². The van der Waals surface area contributed by atoms with Crippen LogP contribution in [0.1, 0.15) is 33.4 Å². The summed E-state index contributed by atoms with van der Waals surface area (Å²) in [5, 5.41) is 0. The first-order valence-electron chi connectivity index (χ1n) is 16.9. The van der Waals surface area contributed by atoms with E-state index in [2.05, 4.69) is 212 Å². The van der Waals surface area contributed by atoms with Crippen LogP contribution in [0.25, 0.3) is 22.2 Å². The maximum atomic E-state index is 8.08. The van der Waals surface area contributed by atoms with Gasteiger partial charge in [0.1, 0.15) is 5.60 Å². The van der Waals surface area contributed by atoms with Crippen molar-refractivity contribution >= 4 is 34.6 Å². The van der Waals surface area contributed by atoms with Gasteiger partial charge in [0.2, 0.25) is 0 Å². The molecule has 0 N–H and O–H groups in total. The highest BCUT2D eigenvalue weighted by Gasteiger charge is 2.49. The van der Waals surface area contributed by atoms with Crippen LogP contribution in [0.4, 0.5) is 0 Å². The average Bonchev–Trinajstić information content (AvgIpc) is 3.34. The van der Waals surface area contributed by atoms with Crippen LogP contribution >= 0.6 is 0 Å². The standard InChI is InChI=1S/C47H35BO/c1-8-22-36(23-9-1)43-44(37-24-10-2-11-25-37)46(39-28-14-4-15-29-39)48(42-34-20-7-21-35-42)49-47(40-30-16-5-17-31-40,41-32-18-6-19-33-41)45(43)38-26-12-3-13-27-38/h1-35H. The van der Waals surface area contributed by atoms with Crippen molar-refractivity contribution < 1.29 is 4.65 Å². The Labute approximate surface area is 289 Å². The summed E-state index contributed by atoms with van der Waals surface area (Å²) in [6.45, 7) is -0.445. The molecule has 0 radical (unpaired) electrons. The number of allylic oxidation sites excluding steroid dienone is 2. The van der Waals surface area contributed by atoms with E-state index >= 15 is 0 Å². The van der Waals surface area contributed by atoms with Crippen molar-refractivity contribution in [3.05, 3.63) is 246 Å². The van der Waals surface area contributed by atoms with Crippen molar-refractivity contribution in [2.24, 2.45) is 0 Å². The Kier molecular flexibility index (Phi) is 8.46. The Balaban J connectivity index is 1.66. The first kappa shape index (κ1) is 30.4. The van der Waals surface area contributed by atoms with Gasteiger partial charge in [-0.1, -0.05) is 212 Å². The third kappa shape index (κ3) is 5.67. The zero-order valence-electron chi connectivity index (χ0n) is 27.2. The number of benzene rings is 7. The topological polar surface area (TPSA) is 9.23 Å². The molecule has 0 saturated heterocycles. The van der Waals surface area contributed by atoms with Crippen molar-refractivity contribution in [2.75, 3.05) is 0 Å². The van der Waals surface area contributed by atoms with Crippen LogP contribution < -0.4 is 5.46 Å². The van der Waals surface area contributed by atoms with Gasteiger partial charge in [-0.2, -0.15) is 0 Å².